The normalized spacial score (nSPS) is 14.5. The summed E-state index contributed by atoms with van der Waals surface area (Å²) >= 11 is 0. The molecule has 6 rings (SSSR count). The molecule has 1 atom stereocenters. The number of phenolic OH excluding ortho intramolecular Hbond substituents is 8. The van der Waals surface area contributed by atoms with Crippen molar-refractivity contribution in [2.24, 2.45) is 0 Å². The number of ketones is 1. The molecule has 2 heterocycles. The molecule has 0 aliphatic carbocycles. The average Bonchev–Trinajstić information content (AvgIpc) is 2.91. The zero-order chi connectivity index (χ0) is 30.0. The van der Waals surface area contributed by atoms with E-state index in [1.54, 1.807) is 0 Å². The maximum Gasteiger partial charge on any atom is 0.197 e. The number of fused-ring (bicyclic) bond motifs is 2. The third kappa shape index (κ3) is 4.01. The molecule has 1 aliphatic heterocycles. The highest BCUT2D eigenvalue weighted by Crippen LogP contribution is 2.55. The molecule has 0 saturated carbocycles. The molecule has 0 fully saturated rings. The molecule has 0 unspecified atom stereocenters. The van der Waals surface area contributed by atoms with Crippen LogP contribution in [0.15, 0.2) is 63.8 Å². The topological polar surface area (TPSA) is 218 Å². The molecule has 12 nitrogen and oxygen atoms in total. The Hall–Kier alpha value is -6.04. The van der Waals surface area contributed by atoms with E-state index in [4.69, 9.17) is 9.15 Å². The fraction of sp³-hybridized carbons (Fsp3) is 0.0667. The average molecular weight is 572 g/mol. The van der Waals surface area contributed by atoms with Crippen molar-refractivity contribution in [1.29, 1.82) is 0 Å². The van der Waals surface area contributed by atoms with Crippen molar-refractivity contribution in [3.05, 3.63) is 75.9 Å². The Balaban J connectivity index is 1.63. The van der Waals surface area contributed by atoms with E-state index in [0.29, 0.717) is 0 Å². The van der Waals surface area contributed by atoms with Gasteiger partial charge in [-0.3, -0.25) is 9.59 Å². The van der Waals surface area contributed by atoms with E-state index in [2.05, 4.69) is 0 Å². The summed E-state index contributed by atoms with van der Waals surface area (Å²) in [6.45, 7) is 0. The van der Waals surface area contributed by atoms with E-state index < -0.39 is 63.3 Å². The van der Waals surface area contributed by atoms with Gasteiger partial charge in [0, 0.05) is 35.4 Å². The van der Waals surface area contributed by atoms with Gasteiger partial charge in [-0.25, -0.2) is 0 Å². The van der Waals surface area contributed by atoms with Crippen molar-refractivity contribution in [2.75, 3.05) is 0 Å². The molecule has 1 aromatic heterocycles. The van der Waals surface area contributed by atoms with Crippen molar-refractivity contribution in [2.45, 2.75) is 12.5 Å². The summed E-state index contributed by atoms with van der Waals surface area (Å²) in [5.41, 5.74) is -1.81. The summed E-state index contributed by atoms with van der Waals surface area (Å²) in [5, 5.41) is 82.6. The lowest BCUT2D eigenvalue weighted by Gasteiger charge is -2.29. The number of Topliss-reactive ketones (excluding diaryl/α,β-unsaturated/α-hetero) is 1. The summed E-state index contributed by atoms with van der Waals surface area (Å²) in [6.07, 6.45) is -1.38. The zero-order valence-electron chi connectivity index (χ0n) is 21.2. The van der Waals surface area contributed by atoms with Gasteiger partial charge >= 0.3 is 0 Å². The summed E-state index contributed by atoms with van der Waals surface area (Å²) in [5.74, 6) is -5.87. The Labute approximate surface area is 234 Å². The molecule has 0 saturated heterocycles. The van der Waals surface area contributed by atoms with E-state index in [1.165, 1.54) is 24.3 Å². The molecule has 0 amide bonds. The monoisotopic (exact) mass is 572 g/mol. The highest BCUT2D eigenvalue weighted by molar-refractivity contribution is 6.07. The number of benzene rings is 4. The number of carbonyl (C=O) groups excluding carboxylic acids is 1. The van der Waals surface area contributed by atoms with Crippen LogP contribution in [0.5, 0.6) is 51.7 Å². The Kier molecular flexibility index (Phi) is 5.78. The van der Waals surface area contributed by atoms with Gasteiger partial charge in [-0.2, -0.15) is 0 Å². The lowest BCUT2D eigenvalue weighted by atomic mass is 9.88. The molecule has 1 aliphatic rings. The smallest absolute Gasteiger partial charge is 0.197 e. The van der Waals surface area contributed by atoms with Crippen LogP contribution in [0.25, 0.3) is 33.4 Å². The second-order valence-electron chi connectivity index (χ2n) is 9.64. The van der Waals surface area contributed by atoms with E-state index >= 15 is 0 Å². The van der Waals surface area contributed by atoms with Crippen LogP contribution in [0, 0.1) is 0 Å². The first-order valence-electron chi connectivity index (χ1n) is 12.3. The Morgan fingerprint density at radius 2 is 1.36 bits per heavy atom. The predicted octanol–water partition coefficient (Wildman–Crippen LogP) is 4.48. The van der Waals surface area contributed by atoms with Gasteiger partial charge in [0.25, 0.3) is 0 Å². The van der Waals surface area contributed by atoms with Crippen LogP contribution < -0.4 is 10.2 Å². The molecular weight excluding hydrogens is 552 g/mol. The van der Waals surface area contributed by atoms with Gasteiger partial charge < -0.3 is 50.0 Å². The van der Waals surface area contributed by atoms with Crippen molar-refractivity contribution >= 4 is 16.8 Å². The minimum absolute atomic E-state index is 0.0872. The van der Waals surface area contributed by atoms with Crippen molar-refractivity contribution in [3.63, 3.8) is 0 Å². The third-order valence-electron chi connectivity index (χ3n) is 6.99. The van der Waals surface area contributed by atoms with E-state index in [1.807, 2.05) is 0 Å². The molecule has 42 heavy (non-hydrogen) atoms. The Morgan fingerprint density at radius 1 is 0.643 bits per heavy atom. The SMILES string of the molecule is O=C1C[C@@H](c2ccc(O)c(O)c2)Oc2c1c(O)cc(O)c2-c1c(-c2cc(=O)c3c(O)cc(O)cc3o2)ccc(O)c1O. The first kappa shape index (κ1) is 26.2. The van der Waals surface area contributed by atoms with Crippen molar-refractivity contribution in [3.8, 4) is 74.2 Å². The lowest BCUT2D eigenvalue weighted by Crippen LogP contribution is -2.21. The van der Waals surface area contributed by atoms with Crippen LogP contribution in [0.1, 0.15) is 28.4 Å². The molecule has 8 N–H and O–H groups in total. The molecule has 5 aromatic rings. The van der Waals surface area contributed by atoms with E-state index in [9.17, 15) is 50.4 Å². The van der Waals surface area contributed by atoms with Gasteiger partial charge in [0.2, 0.25) is 0 Å². The van der Waals surface area contributed by atoms with Crippen LogP contribution in [-0.4, -0.2) is 46.6 Å². The molecule has 12 heteroatoms. The van der Waals surface area contributed by atoms with Gasteiger partial charge in [-0.1, -0.05) is 6.07 Å². The standard InChI is InChI=1S/C30H20O12/c31-12-6-17(35)26-20(38)10-23(41-24(26)7-12)13-2-4-15(33)29(40)25(13)28-19(37)8-18(36)27-21(39)9-22(42-30(27)28)11-1-3-14(32)16(34)5-11/h1-8,10,22,31-37,40H,9H2/t22-/m0/s1. The molecule has 0 radical (unpaired) electrons. The number of ether oxygens (including phenoxy) is 1. The molecule has 0 spiro atoms. The highest BCUT2D eigenvalue weighted by atomic mass is 16.5. The molecular formula is C30H20O12. The Bertz CT molecular complexity index is 2020. The van der Waals surface area contributed by atoms with Gasteiger partial charge in [-0.15, -0.1) is 0 Å². The second kappa shape index (κ2) is 9.27. The minimum atomic E-state index is -1.08. The summed E-state index contributed by atoms with van der Waals surface area (Å²) < 4.78 is 11.8. The maximum atomic E-state index is 13.2. The highest BCUT2D eigenvalue weighted by Gasteiger charge is 2.36. The number of carbonyl (C=O) groups is 1. The van der Waals surface area contributed by atoms with E-state index in [0.717, 1.165) is 30.3 Å². The fourth-order valence-corrected chi connectivity index (χ4v) is 5.07. The summed E-state index contributed by atoms with van der Waals surface area (Å²) in [7, 11) is 0. The van der Waals surface area contributed by atoms with Gasteiger partial charge in [0.1, 0.15) is 57.1 Å². The van der Waals surface area contributed by atoms with Gasteiger partial charge in [0.15, 0.2) is 34.2 Å². The Morgan fingerprint density at radius 3 is 2.10 bits per heavy atom. The number of phenols is 8. The van der Waals surface area contributed by atoms with Gasteiger partial charge in [0.05, 0.1) is 12.0 Å². The zero-order valence-corrected chi connectivity index (χ0v) is 21.2. The van der Waals surface area contributed by atoms with Crippen LogP contribution in [0.4, 0.5) is 0 Å². The number of hydrogen-bond donors (Lipinski definition) is 8. The summed E-state index contributed by atoms with van der Waals surface area (Å²) in [6, 6.07) is 9.94. The van der Waals surface area contributed by atoms with Gasteiger partial charge in [-0.05, 0) is 29.8 Å². The van der Waals surface area contributed by atoms with Crippen LogP contribution in [0.3, 0.4) is 0 Å². The first-order chi connectivity index (χ1) is 19.9. The maximum absolute atomic E-state index is 13.2. The van der Waals surface area contributed by atoms with Crippen LogP contribution in [-0.2, 0) is 0 Å². The molecule has 0 bridgehead atoms. The lowest BCUT2D eigenvalue weighted by molar-refractivity contribution is 0.0845. The quantitative estimate of drug-likeness (QED) is 0.140. The number of aromatic hydroxyl groups is 8. The largest absolute Gasteiger partial charge is 0.508 e. The minimum Gasteiger partial charge on any atom is -0.508 e. The van der Waals surface area contributed by atoms with Crippen molar-refractivity contribution in [1.82, 2.24) is 0 Å². The second-order valence-corrected chi connectivity index (χ2v) is 9.64. The predicted molar refractivity (Wildman–Crippen MR) is 145 cm³/mol. The number of rotatable bonds is 3. The molecule has 4 aromatic carbocycles. The third-order valence-corrected chi connectivity index (χ3v) is 6.99. The number of hydrogen-bond acceptors (Lipinski definition) is 12. The fourth-order valence-electron chi connectivity index (χ4n) is 5.07. The van der Waals surface area contributed by atoms with E-state index in [-0.39, 0.29) is 56.7 Å². The van der Waals surface area contributed by atoms with Crippen LogP contribution >= 0.6 is 0 Å². The van der Waals surface area contributed by atoms with Crippen molar-refractivity contribution < 1.29 is 54.8 Å². The van der Waals surface area contributed by atoms with Crippen LogP contribution in [0.2, 0.25) is 0 Å². The summed E-state index contributed by atoms with van der Waals surface area (Å²) in [4.78, 5) is 26.2. The first-order valence-corrected chi connectivity index (χ1v) is 12.3. The molecule has 212 valence electrons.